The summed E-state index contributed by atoms with van der Waals surface area (Å²) in [5.41, 5.74) is 3.60. The number of hydrogen-bond donors (Lipinski definition) is 0. The molecule has 1 fully saturated rings. The lowest BCUT2D eigenvalue weighted by molar-refractivity contribution is -0.128. The maximum absolute atomic E-state index is 12.3. The number of amides is 1. The van der Waals surface area contributed by atoms with E-state index in [1.165, 1.54) is 14.7 Å². The molecule has 0 bridgehead atoms. The Hall–Kier alpha value is -1.56. The molecule has 0 aliphatic carbocycles. The molecule has 22 heavy (non-hydrogen) atoms. The Labute approximate surface area is 141 Å². The summed E-state index contributed by atoms with van der Waals surface area (Å²) in [5, 5.41) is 0. The van der Waals surface area contributed by atoms with Crippen LogP contribution in [0, 0.1) is 10.5 Å². The van der Waals surface area contributed by atoms with E-state index in [0.717, 1.165) is 12.1 Å². The van der Waals surface area contributed by atoms with Gasteiger partial charge in [0.15, 0.2) is 0 Å². The fourth-order valence-electron chi connectivity index (χ4n) is 2.88. The molecule has 0 N–H and O–H groups in total. The highest BCUT2D eigenvalue weighted by molar-refractivity contribution is 14.2. The highest BCUT2D eigenvalue weighted by Gasteiger charge is 2.30. The van der Waals surface area contributed by atoms with E-state index in [4.69, 9.17) is 0 Å². The quantitative estimate of drug-likeness (QED) is 0.729. The Bertz CT molecular complexity index is 714. The number of aromatic nitrogens is 1. The molecule has 1 atom stereocenters. The third kappa shape index (κ3) is 3.27. The zero-order valence-electron chi connectivity index (χ0n) is 12.6. The van der Waals surface area contributed by atoms with E-state index in [-0.39, 0.29) is 26.6 Å². The van der Waals surface area contributed by atoms with Gasteiger partial charge < -0.3 is 4.90 Å². The van der Waals surface area contributed by atoms with Gasteiger partial charge in [-0.05, 0) is 41.8 Å². The van der Waals surface area contributed by atoms with Crippen LogP contribution in [0.1, 0.15) is 29.0 Å². The average Bonchev–Trinajstić information content (AvgIpc) is 2.91. The van der Waals surface area contributed by atoms with Crippen molar-refractivity contribution in [1.29, 1.82) is 0 Å². The second kappa shape index (κ2) is 6.69. The molecule has 0 saturated carbocycles. The van der Waals surface area contributed by atoms with Gasteiger partial charge in [0.1, 0.15) is 0 Å². The Kier molecular flexibility index (Phi) is 4.66. The predicted octanol–water partition coefficient (Wildman–Crippen LogP) is 3.48. The number of carbonyl (C=O) groups is 1. The largest absolute Gasteiger partial charge is 0.338 e. The van der Waals surface area contributed by atoms with Crippen molar-refractivity contribution in [2.24, 2.45) is 0 Å². The summed E-state index contributed by atoms with van der Waals surface area (Å²) in [6.07, 6.45) is 4.26. The monoisotopic (exact) mass is 406 g/mol. The number of rotatable bonds is 4. The number of halogens is 1. The van der Waals surface area contributed by atoms with Crippen molar-refractivity contribution in [3.8, 4) is 0 Å². The van der Waals surface area contributed by atoms with Crippen molar-refractivity contribution in [1.82, 2.24) is 9.88 Å². The fraction of sp³-hybridized carbons (Fsp3) is 0.278. The summed E-state index contributed by atoms with van der Waals surface area (Å²) in [7, 11) is 0. The van der Waals surface area contributed by atoms with E-state index < -0.39 is 0 Å². The minimum atomic E-state index is -0.146. The van der Waals surface area contributed by atoms with Crippen molar-refractivity contribution >= 4 is 31.2 Å². The van der Waals surface area contributed by atoms with Crippen LogP contribution >= 0.6 is 20.7 Å². The highest BCUT2D eigenvalue weighted by atomic mass is 127. The molecular weight excluding hydrogens is 387 g/mol. The van der Waals surface area contributed by atoms with Gasteiger partial charge in [-0.2, -0.15) is 0 Å². The first-order valence-corrected chi connectivity index (χ1v) is 9.93. The van der Waals surface area contributed by atoms with Crippen LogP contribution in [0.5, 0.6) is 0 Å². The first kappa shape index (κ1) is 15.3. The minimum Gasteiger partial charge on any atom is -0.338 e. The number of likely N-dealkylation sites (tertiary alicyclic amines) is 1. The minimum absolute atomic E-state index is 0.146. The summed E-state index contributed by atoms with van der Waals surface area (Å²) >= 11 is -0.146. The van der Waals surface area contributed by atoms with Gasteiger partial charge in [0.2, 0.25) is 5.91 Å². The Balaban J connectivity index is 1.75. The highest BCUT2D eigenvalue weighted by Crippen LogP contribution is 2.30. The first-order chi connectivity index (χ1) is 10.7. The van der Waals surface area contributed by atoms with Gasteiger partial charge in [-0.25, -0.2) is 0 Å². The van der Waals surface area contributed by atoms with Crippen molar-refractivity contribution in [3.05, 3.63) is 63.0 Å². The van der Waals surface area contributed by atoms with Gasteiger partial charge in [-0.15, -0.1) is 0 Å². The molecule has 0 spiro atoms. The molecular formula is C18H19IN2O. The van der Waals surface area contributed by atoms with Crippen LogP contribution in [0.4, 0.5) is 0 Å². The van der Waals surface area contributed by atoms with Crippen LogP contribution in [-0.2, 0) is 11.3 Å². The maximum Gasteiger partial charge on any atom is 0.223 e. The Morgan fingerprint density at radius 3 is 3.05 bits per heavy atom. The molecule has 2 aromatic rings. The van der Waals surface area contributed by atoms with E-state index in [1.807, 2.05) is 24.1 Å². The normalized spacial score (nSPS) is 18.0. The molecule has 0 radical (unpaired) electrons. The molecule has 114 valence electrons. The van der Waals surface area contributed by atoms with Crippen LogP contribution in [0.25, 0.3) is 0 Å². The van der Waals surface area contributed by atoms with E-state index in [0.29, 0.717) is 18.9 Å². The Morgan fingerprint density at radius 2 is 2.27 bits per heavy atom. The molecule has 1 aliphatic rings. The molecule has 1 saturated heterocycles. The lowest BCUT2D eigenvalue weighted by atomic mass is 9.98. The van der Waals surface area contributed by atoms with Crippen molar-refractivity contribution in [2.45, 2.75) is 25.8 Å². The zero-order chi connectivity index (χ0) is 15.5. The van der Waals surface area contributed by atoms with Crippen molar-refractivity contribution in [3.63, 3.8) is 0 Å². The van der Waals surface area contributed by atoms with Crippen LogP contribution < -0.4 is 0 Å². The van der Waals surface area contributed by atoms with Gasteiger partial charge >= 0.3 is 0 Å². The molecule has 3 nitrogen and oxygen atoms in total. The molecule has 1 aromatic carbocycles. The number of benzene rings is 1. The van der Waals surface area contributed by atoms with Crippen LogP contribution in [0.15, 0.2) is 42.7 Å². The van der Waals surface area contributed by atoms with Crippen LogP contribution in [0.2, 0.25) is 0 Å². The van der Waals surface area contributed by atoms with E-state index >= 15 is 0 Å². The maximum atomic E-state index is 12.3. The van der Waals surface area contributed by atoms with E-state index in [1.54, 1.807) is 6.20 Å². The van der Waals surface area contributed by atoms with Gasteiger partial charge in [0.25, 0.3) is 0 Å². The van der Waals surface area contributed by atoms with Gasteiger partial charge in [0.05, 0.1) is 0 Å². The third-order valence-corrected chi connectivity index (χ3v) is 5.74. The molecule has 4 heteroatoms. The molecule has 1 unspecified atom stereocenters. The second-order valence-corrected chi connectivity index (χ2v) is 7.67. The fourth-order valence-corrected chi connectivity index (χ4v) is 3.92. The number of carbonyl (C=O) groups excluding carboxylic acids is 1. The first-order valence-electron chi connectivity index (χ1n) is 7.33. The Morgan fingerprint density at radius 1 is 1.41 bits per heavy atom. The number of aryl methyl sites for hydroxylation is 1. The van der Waals surface area contributed by atoms with Crippen LogP contribution in [-0.4, -0.2) is 26.9 Å². The predicted molar refractivity (Wildman–Crippen MR) is 98.0 cm³/mol. The molecule has 3 rings (SSSR count). The number of hydrogen-bond acceptors (Lipinski definition) is 2. The van der Waals surface area contributed by atoms with Crippen LogP contribution in [0.3, 0.4) is 0 Å². The summed E-state index contributed by atoms with van der Waals surface area (Å²) in [4.78, 5) is 18.4. The van der Waals surface area contributed by atoms with Gasteiger partial charge in [0, 0.05) is 41.4 Å². The summed E-state index contributed by atoms with van der Waals surface area (Å²) in [5.74, 6) is 0.557. The molecule has 1 aromatic heterocycles. The van der Waals surface area contributed by atoms with Gasteiger partial charge in [-0.1, -0.05) is 37.4 Å². The molecule has 1 aliphatic heterocycles. The second-order valence-electron chi connectivity index (χ2n) is 5.67. The summed E-state index contributed by atoms with van der Waals surface area (Å²) < 4.78 is 5.39. The molecule has 1 amide bonds. The topological polar surface area (TPSA) is 33.2 Å². The zero-order valence-corrected chi connectivity index (χ0v) is 14.8. The standard InChI is InChI=1S/C18H19IN2O/c1-13-10-20-7-6-15(13)11-21-12-16(9-18(21)22)14-4-3-5-17(8-14)19-2/h3-8,10,16H,2,9,11-12H2,1H3. The van der Waals surface area contributed by atoms with E-state index in [2.05, 4.69) is 33.8 Å². The SMILES string of the molecule is C=Ic1cccc(C2CC(=O)N(Cc3ccncc3C)C2)c1. The lowest BCUT2D eigenvalue weighted by Gasteiger charge is -2.18. The summed E-state index contributed by atoms with van der Waals surface area (Å²) in [6, 6.07) is 10.6. The smallest absolute Gasteiger partial charge is 0.223 e. The number of nitrogens with zero attached hydrogens (tertiary/aromatic N) is 2. The summed E-state index contributed by atoms with van der Waals surface area (Å²) in [6.45, 7) is 3.53. The van der Waals surface area contributed by atoms with Crippen molar-refractivity contribution in [2.75, 3.05) is 6.54 Å². The van der Waals surface area contributed by atoms with Gasteiger partial charge in [-0.3, -0.25) is 9.78 Å². The lowest BCUT2D eigenvalue weighted by Crippen LogP contribution is -2.24. The van der Waals surface area contributed by atoms with E-state index in [9.17, 15) is 4.79 Å². The molecule has 2 heterocycles. The average molecular weight is 406 g/mol. The number of pyridine rings is 1. The van der Waals surface area contributed by atoms with Crippen molar-refractivity contribution < 1.29 is 4.79 Å². The third-order valence-electron chi connectivity index (χ3n) is 4.19.